The summed E-state index contributed by atoms with van der Waals surface area (Å²) < 4.78 is 53.6. The number of esters is 1. The second-order valence-corrected chi connectivity index (χ2v) is 10.6. The Hall–Kier alpha value is -2.94. The van der Waals surface area contributed by atoms with Gasteiger partial charge in [-0.3, -0.25) is 4.72 Å². The van der Waals surface area contributed by atoms with Gasteiger partial charge in [-0.15, -0.1) is 0 Å². The predicted molar refractivity (Wildman–Crippen MR) is 115 cm³/mol. The van der Waals surface area contributed by atoms with Gasteiger partial charge in [-0.2, -0.15) is 0 Å². The van der Waals surface area contributed by atoms with Gasteiger partial charge in [0.2, 0.25) is 0 Å². The highest BCUT2D eigenvalue weighted by molar-refractivity contribution is 7.92. The average molecular weight is 462 g/mol. The monoisotopic (exact) mass is 461 g/mol. The second kappa shape index (κ2) is 7.88. The Bertz CT molecular complexity index is 1210. The lowest BCUT2D eigenvalue weighted by Gasteiger charge is -2.23. The van der Waals surface area contributed by atoms with Gasteiger partial charge >= 0.3 is 5.97 Å². The number of ether oxygens (including phenoxy) is 2. The first-order valence-corrected chi connectivity index (χ1v) is 11.7. The molecule has 2 aromatic rings. The maximum absolute atomic E-state index is 13.9. The fourth-order valence-electron chi connectivity index (χ4n) is 4.12. The zero-order chi connectivity index (χ0) is 23.3. The molecule has 1 aliphatic carbocycles. The summed E-state index contributed by atoms with van der Waals surface area (Å²) in [4.78, 5) is 23.7. The highest BCUT2D eigenvalue weighted by Crippen LogP contribution is 2.55. The van der Waals surface area contributed by atoms with Gasteiger partial charge in [0.1, 0.15) is 23.4 Å². The molecule has 4 rings (SSSR count). The zero-order valence-corrected chi connectivity index (χ0v) is 18.8. The maximum atomic E-state index is 13.9. The molecule has 1 fully saturated rings. The van der Waals surface area contributed by atoms with E-state index < -0.39 is 27.2 Å². The van der Waals surface area contributed by atoms with Crippen molar-refractivity contribution >= 4 is 28.0 Å². The summed E-state index contributed by atoms with van der Waals surface area (Å²) in [5.41, 5.74) is 0.148. The molecule has 170 valence electrons. The van der Waals surface area contributed by atoms with E-state index in [4.69, 9.17) is 9.47 Å². The van der Waals surface area contributed by atoms with Crippen LogP contribution >= 0.6 is 0 Å². The molecule has 0 radical (unpaired) electrons. The van der Waals surface area contributed by atoms with E-state index in [1.54, 1.807) is 19.9 Å². The lowest BCUT2D eigenvalue weighted by atomic mass is 9.87. The Morgan fingerprint density at radius 2 is 2.06 bits per heavy atom. The molecule has 2 atom stereocenters. The van der Waals surface area contributed by atoms with E-state index >= 15 is 0 Å². The van der Waals surface area contributed by atoms with Crippen molar-refractivity contribution in [3.8, 4) is 5.75 Å². The number of methoxy groups -OCH3 is 1. The average Bonchev–Trinajstić information content (AvgIpc) is 3.52. The van der Waals surface area contributed by atoms with E-state index in [1.165, 1.54) is 13.2 Å². The van der Waals surface area contributed by atoms with Gasteiger partial charge in [-0.05, 0) is 54.2 Å². The summed E-state index contributed by atoms with van der Waals surface area (Å²) in [6, 6.07) is 6.56. The molecule has 0 aromatic heterocycles. The highest BCUT2D eigenvalue weighted by atomic mass is 32.2. The van der Waals surface area contributed by atoms with Crippen LogP contribution in [0.5, 0.6) is 5.75 Å². The van der Waals surface area contributed by atoms with Crippen LogP contribution in [0, 0.1) is 17.2 Å². The van der Waals surface area contributed by atoms with Gasteiger partial charge in [-0.25, -0.2) is 17.6 Å². The number of halogens is 1. The van der Waals surface area contributed by atoms with Crippen molar-refractivity contribution in [3.63, 3.8) is 0 Å². The van der Waals surface area contributed by atoms with Crippen LogP contribution in [0.1, 0.15) is 47.7 Å². The van der Waals surface area contributed by atoms with Crippen LogP contribution in [-0.4, -0.2) is 34.4 Å². The number of hydrogen-bond donors (Lipinski definition) is 1. The molecule has 1 saturated carbocycles. The summed E-state index contributed by atoms with van der Waals surface area (Å²) in [5, 5.41) is 0. The Labute approximate surface area is 186 Å². The van der Waals surface area contributed by atoms with Crippen LogP contribution in [0.3, 0.4) is 0 Å². The third-order valence-corrected chi connectivity index (χ3v) is 7.33. The lowest BCUT2D eigenvalue weighted by Crippen LogP contribution is -2.22. The van der Waals surface area contributed by atoms with E-state index in [-0.39, 0.29) is 28.1 Å². The molecule has 9 heteroatoms. The molecule has 32 heavy (non-hydrogen) atoms. The van der Waals surface area contributed by atoms with Gasteiger partial charge in [0.05, 0.1) is 24.3 Å². The molecule has 0 spiro atoms. The van der Waals surface area contributed by atoms with Crippen LogP contribution in [0.15, 0.2) is 35.2 Å². The fourth-order valence-corrected chi connectivity index (χ4v) is 5.41. The third-order valence-electron chi connectivity index (χ3n) is 5.86. The lowest BCUT2D eigenvalue weighted by molar-refractivity contribution is -0.114. The quantitative estimate of drug-likeness (QED) is 0.499. The smallest absolute Gasteiger partial charge is 0.343 e. The van der Waals surface area contributed by atoms with Crippen LogP contribution in [0.4, 0.5) is 10.1 Å². The number of aldehydes is 1. The van der Waals surface area contributed by atoms with Gasteiger partial charge in [-0.1, -0.05) is 19.9 Å². The Morgan fingerprint density at radius 1 is 1.31 bits per heavy atom. The fraction of sp³-hybridized carbons (Fsp3) is 0.391. The SMILES string of the molecule is COC(=O)c1c(NS(=O)(=O)c2ccc(F)cc2CC(C)(C)C=O)ccc2c1OC[C@@H]1C[C@H]21. The molecule has 7 nitrogen and oxygen atoms in total. The number of hydrogen-bond acceptors (Lipinski definition) is 6. The standard InChI is InChI=1S/C23H24FNO6S/c1-23(2,12-26)10-13-8-15(24)4-7-19(13)32(28,29)25-18-6-5-16-17-9-14(17)11-31-21(16)20(18)22(27)30-3/h4-8,12,14,17,25H,9-11H2,1-3H3/t14-,17-/m0/s1. The number of sulfonamides is 1. The van der Waals surface area contributed by atoms with Crippen LogP contribution < -0.4 is 9.46 Å². The first-order valence-electron chi connectivity index (χ1n) is 10.2. The minimum atomic E-state index is -4.23. The summed E-state index contributed by atoms with van der Waals surface area (Å²) in [5.74, 6) is -0.296. The molecule has 0 saturated heterocycles. The molecular weight excluding hydrogens is 437 g/mol. The van der Waals surface area contributed by atoms with E-state index in [0.717, 1.165) is 30.2 Å². The third kappa shape index (κ3) is 4.09. The Balaban J connectivity index is 1.77. The zero-order valence-electron chi connectivity index (χ0n) is 18.0. The van der Waals surface area contributed by atoms with Gasteiger partial charge in [0, 0.05) is 11.3 Å². The molecule has 2 aliphatic rings. The van der Waals surface area contributed by atoms with Crippen molar-refractivity contribution in [1.29, 1.82) is 0 Å². The van der Waals surface area contributed by atoms with E-state index in [9.17, 15) is 22.4 Å². The van der Waals surface area contributed by atoms with E-state index in [0.29, 0.717) is 30.5 Å². The summed E-state index contributed by atoms with van der Waals surface area (Å²) in [6.45, 7) is 3.73. The topological polar surface area (TPSA) is 98.8 Å². The number of benzene rings is 2. The van der Waals surface area contributed by atoms with E-state index in [2.05, 4.69) is 4.72 Å². The largest absolute Gasteiger partial charge is 0.492 e. The maximum Gasteiger partial charge on any atom is 0.343 e. The summed E-state index contributed by atoms with van der Waals surface area (Å²) in [7, 11) is -3.02. The van der Waals surface area contributed by atoms with Gasteiger partial charge < -0.3 is 14.3 Å². The number of anilines is 1. The minimum Gasteiger partial charge on any atom is -0.492 e. The van der Waals surface area contributed by atoms with Crippen molar-refractivity contribution in [2.24, 2.45) is 11.3 Å². The molecule has 0 amide bonds. The molecule has 2 aromatic carbocycles. The molecule has 1 aliphatic heterocycles. The van der Waals surface area contributed by atoms with Crippen molar-refractivity contribution in [2.45, 2.75) is 37.5 Å². The number of fused-ring (bicyclic) bond motifs is 3. The first kappa shape index (κ1) is 22.3. The molecule has 1 heterocycles. The molecule has 0 bridgehead atoms. The van der Waals surface area contributed by atoms with Crippen molar-refractivity contribution < 1.29 is 31.9 Å². The summed E-state index contributed by atoms with van der Waals surface area (Å²) >= 11 is 0. The molecule has 0 unspecified atom stereocenters. The van der Waals surface area contributed by atoms with Crippen molar-refractivity contribution in [3.05, 3.63) is 52.8 Å². The number of rotatable bonds is 7. The Kier molecular flexibility index (Phi) is 5.48. The molecular formula is C23H24FNO6S. The number of carbonyl (C=O) groups excluding carboxylic acids is 2. The van der Waals surface area contributed by atoms with Crippen LogP contribution in [0.2, 0.25) is 0 Å². The first-order chi connectivity index (χ1) is 15.1. The van der Waals surface area contributed by atoms with Crippen LogP contribution in [0.25, 0.3) is 0 Å². The van der Waals surface area contributed by atoms with Crippen molar-refractivity contribution in [2.75, 3.05) is 18.4 Å². The van der Waals surface area contributed by atoms with Crippen LogP contribution in [-0.2, 0) is 26.0 Å². The van der Waals surface area contributed by atoms with Gasteiger partial charge in [0.25, 0.3) is 10.0 Å². The molecule has 1 N–H and O–H groups in total. The Morgan fingerprint density at radius 3 is 2.75 bits per heavy atom. The number of nitrogens with one attached hydrogen (secondary N) is 1. The second-order valence-electron chi connectivity index (χ2n) is 8.95. The van der Waals surface area contributed by atoms with E-state index in [1.807, 2.05) is 0 Å². The summed E-state index contributed by atoms with van der Waals surface area (Å²) in [6.07, 6.45) is 1.68. The predicted octanol–water partition coefficient (Wildman–Crippen LogP) is 3.68. The normalized spacial score (nSPS) is 19.2. The number of carbonyl (C=O) groups is 2. The van der Waals surface area contributed by atoms with Crippen molar-refractivity contribution in [1.82, 2.24) is 0 Å². The van der Waals surface area contributed by atoms with Gasteiger partial charge in [0.15, 0.2) is 0 Å². The minimum absolute atomic E-state index is 0.0100. The highest BCUT2D eigenvalue weighted by Gasteiger charge is 2.45.